The van der Waals surface area contributed by atoms with Crippen LogP contribution in [0.2, 0.25) is 0 Å². The van der Waals surface area contributed by atoms with E-state index in [-0.39, 0.29) is 17.9 Å². The summed E-state index contributed by atoms with van der Waals surface area (Å²) in [5.74, 6) is -0.0219. The van der Waals surface area contributed by atoms with E-state index >= 15 is 0 Å². The third kappa shape index (κ3) is 3.59. The summed E-state index contributed by atoms with van der Waals surface area (Å²) in [6.07, 6.45) is 0.366. The Kier molecular flexibility index (Phi) is 4.42. The molecule has 4 nitrogen and oxygen atoms in total. The molecule has 0 spiro atoms. The van der Waals surface area contributed by atoms with Gasteiger partial charge in [0, 0.05) is 25.1 Å². The van der Waals surface area contributed by atoms with Crippen molar-refractivity contribution in [3.8, 4) is 0 Å². The molecule has 23 heavy (non-hydrogen) atoms. The first kappa shape index (κ1) is 15.3. The second-order valence-corrected chi connectivity index (χ2v) is 5.95. The first-order chi connectivity index (χ1) is 11.1. The molecule has 1 aliphatic heterocycles. The monoisotopic (exact) mass is 308 g/mol. The molecule has 0 saturated carbocycles. The van der Waals surface area contributed by atoms with Gasteiger partial charge in [0.05, 0.1) is 6.04 Å². The SMILES string of the molecule is Cc1ccccc1C(=O)NC1CC(=O)N(Cc2ccccc2)C1. The summed E-state index contributed by atoms with van der Waals surface area (Å²) in [6.45, 7) is 3.07. The van der Waals surface area contributed by atoms with Gasteiger partial charge in [0.2, 0.25) is 5.91 Å². The smallest absolute Gasteiger partial charge is 0.251 e. The molecule has 1 heterocycles. The predicted molar refractivity (Wildman–Crippen MR) is 88.9 cm³/mol. The van der Waals surface area contributed by atoms with Gasteiger partial charge in [-0.05, 0) is 24.1 Å². The van der Waals surface area contributed by atoms with Crippen LogP contribution in [0.4, 0.5) is 0 Å². The molecular weight excluding hydrogens is 288 g/mol. The van der Waals surface area contributed by atoms with Gasteiger partial charge < -0.3 is 10.2 Å². The summed E-state index contributed by atoms with van der Waals surface area (Å²) in [7, 11) is 0. The molecule has 1 unspecified atom stereocenters. The van der Waals surface area contributed by atoms with Gasteiger partial charge in [-0.15, -0.1) is 0 Å². The first-order valence-electron chi connectivity index (χ1n) is 7.81. The third-order valence-electron chi connectivity index (χ3n) is 4.16. The second kappa shape index (κ2) is 6.65. The molecule has 2 amide bonds. The highest BCUT2D eigenvalue weighted by Gasteiger charge is 2.30. The van der Waals surface area contributed by atoms with Crippen LogP contribution in [-0.2, 0) is 11.3 Å². The lowest BCUT2D eigenvalue weighted by Crippen LogP contribution is -2.37. The summed E-state index contributed by atoms with van der Waals surface area (Å²) in [6, 6.07) is 17.3. The van der Waals surface area contributed by atoms with E-state index < -0.39 is 0 Å². The van der Waals surface area contributed by atoms with E-state index in [0.29, 0.717) is 25.1 Å². The topological polar surface area (TPSA) is 49.4 Å². The fourth-order valence-electron chi connectivity index (χ4n) is 2.92. The van der Waals surface area contributed by atoms with E-state index in [1.54, 1.807) is 4.90 Å². The number of nitrogens with zero attached hydrogens (tertiary/aromatic N) is 1. The quantitative estimate of drug-likeness (QED) is 0.943. The summed E-state index contributed by atoms with van der Waals surface area (Å²) >= 11 is 0. The van der Waals surface area contributed by atoms with E-state index in [2.05, 4.69) is 5.32 Å². The van der Waals surface area contributed by atoms with E-state index in [1.807, 2.05) is 61.5 Å². The molecule has 118 valence electrons. The van der Waals surface area contributed by atoms with Crippen LogP contribution >= 0.6 is 0 Å². The molecule has 3 rings (SSSR count). The van der Waals surface area contributed by atoms with Gasteiger partial charge in [0.25, 0.3) is 5.91 Å². The fourth-order valence-corrected chi connectivity index (χ4v) is 2.92. The van der Waals surface area contributed by atoms with Crippen LogP contribution in [-0.4, -0.2) is 29.3 Å². The summed E-state index contributed by atoms with van der Waals surface area (Å²) in [5, 5.41) is 2.98. The highest BCUT2D eigenvalue weighted by molar-refractivity contribution is 5.96. The van der Waals surface area contributed by atoms with Gasteiger partial charge >= 0.3 is 0 Å². The average molecular weight is 308 g/mol. The Morgan fingerprint density at radius 3 is 2.57 bits per heavy atom. The van der Waals surface area contributed by atoms with Gasteiger partial charge in [-0.1, -0.05) is 48.5 Å². The standard InChI is InChI=1S/C19H20N2O2/c1-14-7-5-6-10-17(14)19(23)20-16-11-18(22)21(13-16)12-15-8-3-2-4-9-15/h2-10,16H,11-13H2,1H3,(H,20,23). The molecule has 1 fully saturated rings. The number of amides is 2. The van der Waals surface area contributed by atoms with Crippen molar-refractivity contribution < 1.29 is 9.59 Å². The van der Waals surface area contributed by atoms with Gasteiger partial charge in [0.1, 0.15) is 0 Å². The van der Waals surface area contributed by atoms with Crippen LogP contribution in [0.15, 0.2) is 54.6 Å². The molecule has 1 N–H and O–H groups in total. The minimum Gasteiger partial charge on any atom is -0.347 e. The predicted octanol–water partition coefficient (Wildman–Crippen LogP) is 2.53. The zero-order valence-electron chi connectivity index (χ0n) is 13.2. The molecule has 4 heteroatoms. The highest BCUT2D eigenvalue weighted by atomic mass is 16.2. The number of carbonyl (C=O) groups excluding carboxylic acids is 2. The van der Waals surface area contributed by atoms with Gasteiger partial charge in [-0.25, -0.2) is 0 Å². The molecule has 2 aromatic carbocycles. The van der Waals surface area contributed by atoms with Crippen LogP contribution in [0.5, 0.6) is 0 Å². The van der Waals surface area contributed by atoms with Crippen molar-refractivity contribution >= 4 is 11.8 Å². The summed E-state index contributed by atoms with van der Waals surface area (Å²) in [4.78, 5) is 26.3. The molecule has 1 aliphatic rings. The number of likely N-dealkylation sites (tertiary alicyclic amines) is 1. The molecule has 0 bridgehead atoms. The second-order valence-electron chi connectivity index (χ2n) is 5.95. The lowest BCUT2D eigenvalue weighted by molar-refractivity contribution is -0.128. The Morgan fingerprint density at radius 2 is 1.83 bits per heavy atom. The maximum atomic E-state index is 12.4. The number of hydrogen-bond donors (Lipinski definition) is 1. The Bertz CT molecular complexity index is 712. The van der Waals surface area contributed by atoms with Crippen molar-refractivity contribution in [3.05, 3.63) is 71.3 Å². The molecule has 2 aromatic rings. The summed E-state index contributed by atoms with van der Waals surface area (Å²) in [5.41, 5.74) is 2.71. The van der Waals surface area contributed by atoms with Gasteiger partial charge in [-0.3, -0.25) is 9.59 Å². The van der Waals surface area contributed by atoms with E-state index in [4.69, 9.17) is 0 Å². The van der Waals surface area contributed by atoms with E-state index in [0.717, 1.165) is 11.1 Å². The summed E-state index contributed by atoms with van der Waals surface area (Å²) < 4.78 is 0. The number of benzene rings is 2. The maximum absolute atomic E-state index is 12.4. The van der Waals surface area contributed by atoms with E-state index in [9.17, 15) is 9.59 Å². The van der Waals surface area contributed by atoms with E-state index in [1.165, 1.54) is 0 Å². The lowest BCUT2D eigenvalue weighted by atomic mass is 10.1. The van der Waals surface area contributed by atoms with Crippen molar-refractivity contribution in [3.63, 3.8) is 0 Å². The van der Waals surface area contributed by atoms with Crippen molar-refractivity contribution in [2.24, 2.45) is 0 Å². The van der Waals surface area contributed by atoms with Crippen LogP contribution in [0, 0.1) is 6.92 Å². The maximum Gasteiger partial charge on any atom is 0.251 e. The lowest BCUT2D eigenvalue weighted by Gasteiger charge is -2.17. The zero-order valence-corrected chi connectivity index (χ0v) is 13.2. The number of hydrogen-bond acceptors (Lipinski definition) is 2. The third-order valence-corrected chi connectivity index (χ3v) is 4.16. The Hall–Kier alpha value is -2.62. The number of aryl methyl sites for hydroxylation is 1. The highest BCUT2D eigenvalue weighted by Crippen LogP contribution is 2.16. The molecule has 0 aromatic heterocycles. The van der Waals surface area contributed by atoms with Crippen LogP contribution < -0.4 is 5.32 Å². The molecule has 1 atom stereocenters. The normalized spacial score (nSPS) is 17.3. The van der Waals surface area contributed by atoms with Gasteiger partial charge in [0.15, 0.2) is 0 Å². The largest absolute Gasteiger partial charge is 0.347 e. The van der Waals surface area contributed by atoms with Crippen molar-refractivity contribution in [1.82, 2.24) is 10.2 Å². The number of nitrogens with one attached hydrogen (secondary N) is 1. The molecule has 0 aliphatic carbocycles. The minimum atomic E-state index is -0.127. The van der Waals surface area contributed by atoms with Crippen molar-refractivity contribution in [1.29, 1.82) is 0 Å². The average Bonchev–Trinajstić information content (AvgIpc) is 2.88. The molecule has 0 radical (unpaired) electrons. The molecular formula is C19H20N2O2. The Morgan fingerprint density at radius 1 is 1.13 bits per heavy atom. The van der Waals surface area contributed by atoms with Crippen LogP contribution in [0.3, 0.4) is 0 Å². The number of rotatable bonds is 4. The zero-order chi connectivity index (χ0) is 16.2. The van der Waals surface area contributed by atoms with Gasteiger partial charge in [-0.2, -0.15) is 0 Å². The van der Waals surface area contributed by atoms with Crippen LogP contribution in [0.25, 0.3) is 0 Å². The Labute approximate surface area is 136 Å². The molecule has 1 saturated heterocycles. The van der Waals surface area contributed by atoms with Crippen molar-refractivity contribution in [2.75, 3.05) is 6.54 Å². The fraction of sp³-hybridized carbons (Fsp3) is 0.263. The van der Waals surface area contributed by atoms with Crippen LogP contribution in [0.1, 0.15) is 27.9 Å². The Balaban J connectivity index is 1.62. The number of carbonyl (C=O) groups is 2. The van der Waals surface area contributed by atoms with Crippen molar-refractivity contribution in [2.45, 2.75) is 25.9 Å². The minimum absolute atomic E-state index is 0.0870. The first-order valence-corrected chi connectivity index (χ1v) is 7.81.